The van der Waals surface area contributed by atoms with E-state index in [2.05, 4.69) is 10.0 Å². The van der Waals surface area contributed by atoms with Crippen molar-refractivity contribution < 1.29 is 9.13 Å². The van der Waals surface area contributed by atoms with Gasteiger partial charge in [-0.25, -0.2) is 9.92 Å². The molecule has 1 heterocycles. The molecule has 1 aromatic rings. The molecule has 0 radical (unpaired) electrons. The van der Waals surface area contributed by atoms with Crippen LogP contribution in [0.2, 0.25) is 0 Å². The maximum Gasteiger partial charge on any atom is 0.178 e. The van der Waals surface area contributed by atoms with E-state index in [-0.39, 0.29) is 11.7 Å². The van der Waals surface area contributed by atoms with Crippen LogP contribution in [-0.2, 0) is 0 Å². The molecule has 6 N–H and O–H groups in total. The quantitative estimate of drug-likeness (QED) is 0.246. The number of amidine groups is 1. The van der Waals surface area contributed by atoms with Crippen molar-refractivity contribution in [2.45, 2.75) is 20.0 Å². The molecule has 8 nitrogen and oxygen atoms in total. The minimum absolute atomic E-state index is 0.0204. The first kappa shape index (κ1) is 21.4. The first-order chi connectivity index (χ1) is 13.3. The number of anilines is 1. The predicted molar refractivity (Wildman–Crippen MR) is 108 cm³/mol. The number of allylic oxidation sites excluding steroid dienone is 2. The van der Waals surface area contributed by atoms with Crippen molar-refractivity contribution in [2.75, 3.05) is 37.6 Å². The van der Waals surface area contributed by atoms with Gasteiger partial charge in [-0.3, -0.25) is 10.3 Å². The summed E-state index contributed by atoms with van der Waals surface area (Å²) in [6, 6.07) is 2.96. The average molecular weight is 389 g/mol. The number of hydrogen-bond donors (Lipinski definition) is 4. The van der Waals surface area contributed by atoms with Gasteiger partial charge in [-0.1, -0.05) is 0 Å². The summed E-state index contributed by atoms with van der Waals surface area (Å²) in [4.78, 5) is 4.18. The monoisotopic (exact) mass is 389 g/mol. The Morgan fingerprint density at radius 1 is 1.32 bits per heavy atom. The van der Waals surface area contributed by atoms with Gasteiger partial charge in [0.05, 0.1) is 17.4 Å². The molecule has 0 bridgehead atoms. The molecule has 28 heavy (non-hydrogen) atoms. The van der Waals surface area contributed by atoms with Gasteiger partial charge in [-0.05, 0) is 32.2 Å². The Balaban J connectivity index is 2.21. The average Bonchev–Trinajstić information content (AvgIpc) is 2.65. The van der Waals surface area contributed by atoms with Crippen LogP contribution in [0.4, 0.5) is 10.1 Å². The van der Waals surface area contributed by atoms with E-state index in [0.717, 1.165) is 13.1 Å². The Hall–Kier alpha value is -2.94. The second-order valence-electron chi connectivity index (χ2n) is 6.82. The molecule has 0 saturated carbocycles. The number of halogens is 1. The van der Waals surface area contributed by atoms with E-state index in [1.54, 1.807) is 18.2 Å². The van der Waals surface area contributed by atoms with E-state index in [1.165, 1.54) is 12.3 Å². The second-order valence-corrected chi connectivity index (χ2v) is 6.82. The Morgan fingerprint density at radius 3 is 2.57 bits per heavy atom. The van der Waals surface area contributed by atoms with Crippen molar-refractivity contribution in [3.05, 3.63) is 47.6 Å². The molecule has 0 atom stereocenters. The number of piperazine rings is 1. The smallest absolute Gasteiger partial charge is 0.178 e. The van der Waals surface area contributed by atoms with Gasteiger partial charge >= 0.3 is 0 Å². The third kappa shape index (κ3) is 5.53. The summed E-state index contributed by atoms with van der Waals surface area (Å²) in [6.07, 6.45) is 4.78. The Kier molecular flexibility index (Phi) is 7.51. The molecule has 0 aromatic heterocycles. The van der Waals surface area contributed by atoms with Crippen LogP contribution in [0.5, 0.6) is 5.75 Å². The maximum atomic E-state index is 14.7. The summed E-state index contributed by atoms with van der Waals surface area (Å²) in [7, 11) is 0. The molecule has 2 rings (SSSR count). The Morgan fingerprint density at radius 2 is 2.00 bits per heavy atom. The highest BCUT2D eigenvalue weighted by atomic mass is 19.1. The lowest BCUT2D eigenvalue weighted by Gasteiger charge is -2.37. The highest BCUT2D eigenvalue weighted by Crippen LogP contribution is 2.31. The summed E-state index contributed by atoms with van der Waals surface area (Å²) in [5.74, 6) is -0.628. The number of hydrogen-bond acceptors (Lipinski definition) is 7. The zero-order valence-corrected chi connectivity index (χ0v) is 16.3. The van der Waals surface area contributed by atoms with Crippen molar-refractivity contribution in [1.82, 2.24) is 4.90 Å². The third-order valence-electron chi connectivity index (χ3n) is 4.30. The Labute approximate surface area is 164 Å². The molecule has 1 aliphatic rings. The van der Waals surface area contributed by atoms with Gasteiger partial charge in [0.15, 0.2) is 5.84 Å². The lowest BCUT2D eigenvalue weighted by atomic mass is 10.1. The zero-order chi connectivity index (χ0) is 20.7. The van der Waals surface area contributed by atoms with Crippen LogP contribution in [0.1, 0.15) is 19.4 Å². The standard InChI is InChI=1S/C19H28FN7O/c1-13(2)28-15-10-16(20)18(19(23)25-24)17(11-15)27-8-6-26(7-9-27)12-14(22)4-3-5-21/h3-5,10-11,13,23-24H,6-9,12,21-22H2,1-2H3/b5-3-,14-4-,23-19?,25-24?. The van der Waals surface area contributed by atoms with Gasteiger partial charge in [0, 0.05) is 50.6 Å². The van der Waals surface area contributed by atoms with Gasteiger partial charge in [-0.15, -0.1) is 5.11 Å². The van der Waals surface area contributed by atoms with E-state index >= 15 is 0 Å². The van der Waals surface area contributed by atoms with Gasteiger partial charge in [0.2, 0.25) is 0 Å². The molecule has 9 heteroatoms. The third-order valence-corrected chi connectivity index (χ3v) is 4.30. The molecular weight excluding hydrogens is 361 g/mol. The van der Waals surface area contributed by atoms with E-state index in [0.29, 0.717) is 36.8 Å². The molecule has 0 amide bonds. The first-order valence-electron chi connectivity index (χ1n) is 9.12. The number of nitrogens with zero attached hydrogens (tertiary/aromatic N) is 3. The Bertz CT molecular complexity index is 768. The fourth-order valence-electron chi connectivity index (χ4n) is 3.08. The summed E-state index contributed by atoms with van der Waals surface area (Å²) in [5, 5.41) is 11.0. The fourth-order valence-corrected chi connectivity index (χ4v) is 3.08. The maximum absolute atomic E-state index is 14.7. The van der Waals surface area contributed by atoms with Gasteiger partial charge in [-0.2, -0.15) is 0 Å². The molecule has 1 fully saturated rings. The number of ether oxygens (including phenoxy) is 1. The van der Waals surface area contributed by atoms with Crippen molar-refractivity contribution in [1.29, 1.82) is 10.9 Å². The van der Waals surface area contributed by atoms with E-state index in [4.69, 9.17) is 27.1 Å². The summed E-state index contributed by atoms with van der Waals surface area (Å²) in [6.45, 7) is 7.05. The molecule has 0 spiro atoms. The lowest BCUT2D eigenvalue weighted by molar-refractivity contribution is 0.241. The van der Waals surface area contributed by atoms with E-state index < -0.39 is 11.7 Å². The highest BCUT2D eigenvalue weighted by Gasteiger charge is 2.24. The summed E-state index contributed by atoms with van der Waals surface area (Å²) >= 11 is 0. The van der Waals surface area contributed by atoms with Crippen LogP contribution >= 0.6 is 0 Å². The lowest BCUT2D eigenvalue weighted by Crippen LogP contribution is -2.47. The number of nitrogens with two attached hydrogens (primary N) is 2. The largest absolute Gasteiger partial charge is 0.491 e. The molecule has 1 aliphatic heterocycles. The normalized spacial score (nSPS) is 16.0. The minimum atomic E-state index is -0.614. The molecule has 0 aliphatic carbocycles. The van der Waals surface area contributed by atoms with Crippen molar-refractivity contribution in [3.8, 4) is 5.75 Å². The topological polar surface area (TPSA) is 128 Å². The predicted octanol–water partition coefficient (Wildman–Crippen LogP) is 2.41. The number of nitrogens with one attached hydrogen (secondary N) is 2. The van der Waals surface area contributed by atoms with Crippen LogP contribution in [0.3, 0.4) is 0 Å². The van der Waals surface area contributed by atoms with E-state index in [1.807, 2.05) is 18.7 Å². The SMILES string of the molecule is CC(C)Oc1cc(F)c(C(=N)N=N)c(N2CCN(C/C(N)=C/C=C\N)CC2)c1. The van der Waals surface area contributed by atoms with Crippen molar-refractivity contribution >= 4 is 11.5 Å². The second kappa shape index (κ2) is 9.84. The van der Waals surface area contributed by atoms with Crippen LogP contribution in [0, 0.1) is 16.8 Å². The fraction of sp³-hybridized carbons (Fsp3) is 0.421. The first-order valence-corrected chi connectivity index (χ1v) is 9.12. The van der Waals surface area contributed by atoms with E-state index in [9.17, 15) is 4.39 Å². The number of benzene rings is 1. The zero-order valence-electron chi connectivity index (χ0n) is 16.3. The molecular formula is C19H28FN7O. The van der Waals surface area contributed by atoms with Gasteiger partial charge in [0.1, 0.15) is 11.6 Å². The minimum Gasteiger partial charge on any atom is -0.491 e. The molecule has 1 saturated heterocycles. The highest BCUT2D eigenvalue weighted by molar-refractivity contribution is 6.02. The van der Waals surface area contributed by atoms with Gasteiger partial charge < -0.3 is 21.1 Å². The van der Waals surface area contributed by atoms with Crippen molar-refractivity contribution in [2.24, 2.45) is 16.6 Å². The summed E-state index contributed by atoms with van der Waals surface area (Å²) in [5.41, 5.74) is 19.7. The van der Waals surface area contributed by atoms with Crippen LogP contribution in [0.25, 0.3) is 0 Å². The van der Waals surface area contributed by atoms with Crippen LogP contribution < -0.4 is 21.1 Å². The van der Waals surface area contributed by atoms with Crippen LogP contribution in [0.15, 0.2) is 41.3 Å². The van der Waals surface area contributed by atoms with Crippen molar-refractivity contribution in [3.63, 3.8) is 0 Å². The number of rotatable bonds is 7. The molecule has 0 unspecified atom stereocenters. The molecule has 1 aromatic carbocycles. The molecule has 152 valence electrons. The summed E-state index contributed by atoms with van der Waals surface area (Å²) < 4.78 is 20.3. The van der Waals surface area contributed by atoms with Crippen LogP contribution in [-0.4, -0.2) is 49.6 Å². The van der Waals surface area contributed by atoms with Gasteiger partial charge in [0.25, 0.3) is 0 Å².